The molecule has 0 radical (unpaired) electrons. The molecule has 0 aliphatic heterocycles. The zero-order chi connectivity index (χ0) is 12.5. The number of para-hydroxylation sites is 2. The fraction of sp³-hybridized carbons (Fsp3) is 0.0833. The molecule has 0 saturated heterocycles. The summed E-state index contributed by atoms with van der Waals surface area (Å²) in [4.78, 5) is 8.70. The van der Waals surface area contributed by atoms with Crippen LogP contribution in [0.4, 0.5) is 0 Å². The molecule has 6 heteroatoms. The van der Waals surface area contributed by atoms with Gasteiger partial charge in [-0.1, -0.05) is 23.7 Å². The van der Waals surface area contributed by atoms with Crippen LogP contribution in [-0.4, -0.2) is 14.5 Å². The van der Waals surface area contributed by atoms with Gasteiger partial charge in [0.15, 0.2) is 5.13 Å². The lowest BCUT2D eigenvalue weighted by atomic mass is 10.3. The summed E-state index contributed by atoms with van der Waals surface area (Å²) in [5.74, 6) is 0.685. The van der Waals surface area contributed by atoms with E-state index in [9.17, 15) is 0 Å². The average molecular weight is 275 g/mol. The third-order valence-electron chi connectivity index (χ3n) is 2.52. The SMILES string of the molecule is N#CCc1nc2ccccc2n1-c1nc(Cl)cs1. The Kier molecular flexibility index (Phi) is 2.74. The monoisotopic (exact) mass is 274 g/mol. The highest BCUT2D eigenvalue weighted by molar-refractivity contribution is 7.12. The van der Waals surface area contributed by atoms with Crippen molar-refractivity contribution in [1.29, 1.82) is 5.26 Å². The minimum Gasteiger partial charge on any atom is -0.271 e. The van der Waals surface area contributed by atoms with Crippen molar-refractivity contribution in [2.45, 2.75) is 6.42 Å². The summed E-state index contributed by atoms with van der Waals surface area (Å²) < 4.78 is 1.88. The molecule has 0 unspecified atom stereocenters. The van der Waals surface area contributed by atoms with Gasteiger partial charge in [0.05, 0.1) is 23.5 Å². The maximum absolute atomic E-state index is 8.87. The number of halogens is 1. The summed E-state index contributed by atoms with van der Waals surface area (Å²) in [5.41, 5.74) is 1.79. The summed E-state index contributed by atoms with van der Waals surface area (Å²) >= 11 is 7.29. The molecule has 0 saturated carbocycles. The van der Waals surface area contributed by atoms with Gasteiger partial charge >= 0.3 is 0 Å². The summed E-state index contributed by atoms with van der Waals surface area (Å²) in [6.45, 7) is 0. The maximum Gasteiger partial charge on any atom is 0.197 e. The number of nitrogens with zero attached hydrogens (tertiary/aromatic N) is 4. The number of fused-ring (bicyclic) bond motifs is 1. The molecule has 0 aliphatic rings. The third kappa shape index (κ3) is 1.76. The molecule has 1 aromatic carbocycles. The van der Waals surface area contributed by atoms with Gasteiger partial charge in [0.2, 0.25) is 0 Å². The van der Waals surface area contributed by atoms with Crippen molar-refractivity contribution in [2.75, 3.05) is 0 Å². The lowest BCUT2D eigenvalue weighted by Gasteiger charge is -2.01. The van der Waals surface area contributed by atoms with Crippen LogP contribution in [0.1, 0.15) is 5.82 Å². The van der Waals surface area contributed by atoms with E-state index in [-0.39, 0.29) is 6.42 Å². The molecule has 4 nitrogen and oxygen atoms in total. The van der Waals surface area contributed by atoms with E-state index in [1.165, 1.54) is 11.3 Å². The van der Waals surface area contributed by atoms with Crippen LogP contribution in [0, 0.1) is 11.3 Å². The van der Waals surface area contributed by atoms with E-state index >= 15 is 0 Å². The Morgan fingerprint density at radius 2 is 2.17 bits per heavy atom. The van der Waals surface area contributed by atoms with Crippen molar-refractivity contribution in [1.82, 2.24) is 14.5 Å². The van der Waals surface area contributed by atoms with Gasteiger partial charge in [-0.25, -0.2) is 9.97 Å². The molecule has 2 heterocycles. The van der Waals surface area contributed by atoms with Crippen molar-refractivity contribution < 1.29 is 0 Å². The van der Waals surface area contributed by atoms with Gasteiger partial charge in [0.25, 0.3) is 0 Å². The standard InChI is InChI=1S/C12H7ClN4S/c13-10-7-18-12(16-10)17-9-4-2-1-3-8(9)15-11(17)5-6-14/h1-4,7H,5H2. The second kappa shape index (κ2) is 4.41. The molecule has 0 bridgehead atoms. The summed E-state index contributed by atoms with van der Waals surface area (Å²) in [5, 5.41) is 11.8. The van der Waals surface area contributed by atoms with Gasteiger partial charge in [-0.15, -0.1) is 11.3 Å². The first-order valence-corrected chi connectivity index (χ1v) is 6.50. The van der Waals surface area contributed by atoms with Gasteiger partial charge in [0, 0.05) is 5.38 Å². The quantitative estimate of drug-likeness (QED) is 0.721. The molecule has 2 aromatic heterocycles. The summed E-state index contributed by atoms with van der Waals surface area (Å²) in [6.07, 6.45) is 0.242. The zero-order valence-electron chi connectivity index (χ0n) is 9.17. The van der Waals surface area contributed by atoms with Crippen LogP contribution in [0.5, 0.6) is 0 Å². The fourth-order valence-electron chi connectivity index (χ4n) is 1.83. The third-order valence-corrected chi connectivity index (χ3v) is 3.67. The predicted molar refractivity (Wildman–Crippen MR) is 71.1 cm³/mol. The minimum absolute atomic E-state index is 0.242. The molecule has 0 spiro atoms. The van der Waals surface area contributed by atoms with Crippen LogP contribution in [0.25, 0.3) is 16.2 Å². The number of hydrogen-bond donors (Lipinski definition) is 0. The van der Waals surface area contributed by atoms with Gasteiger partial charge < -0.3 is 0 Å². The molecule has 3 aromatic rings. The van der Waals surface area contributed by atoms with E-state index in [1.807, 2.05) is 28.8 Å². The average Bonchev–Trinajstić information content (AvgIpc) is 2.92. The van der Waals surface area contributed by atoms with E-state index in [1.54, 1.807) is 5.38 Å². The Morgan fingerprint density at radius 3 is 2.89 bits per heavy atom. The lowest BCUT2D eigenvalue weighted by Crippen LogP contribution is -1.99. The fourth-order valence-corrected chi connectivity index (χ4v) is 2.81. The number of nitriles is 1. The number of imidazole rings is 1. The number of aromatic nitrogens is 3. The van der Waals surface area contributed by atoms with Gasteiger partial charge in [0.1, 0.15) is 11.0 Å². The van der Waals surface area contributed by atoms with Crippen LogP contribution in [0.15, 0.2) is 29.6 Å². The Bertz CT molecular complexity index is 753. The van der Waals surface area contributed by atoms with E-state index in [2.05, 4.69) is 16.0 Å². The number of hydrogen-bond acceptors (Lipinski definition) is 4. The molecule has 18 heavy (non-hydrogen) atoms. The second-order valence-corrected chi connectivity index (χ2v) is 4.86. The van der Waals surface area contributed by atoms with E-state index in [4.69, 9.17) is 16.9 Å². The molecule has 0 amide bonds. The minimum atomic E-state index is 0.242. The first-order valence-electron chi connectivity index (χ1n) is 5.24. The molecule has 88 valence electrons. The first kappa shape index (κ1) is 11.2. The predicted octanol–water partition coefficient (Wildman–Crippen LogP) is 3.20. The summed E-state index contributed by atoms with van der Waals surface area (Å²) in [7, 11) is 0. The molecular formula is C12H7ClN4S. The van der Waals surface area contributed by atoms with Crippen molar-refractivity contribution in [2.24, 2.45) is 0 Å². The van der Waals surface area contributed by atoms with Crippen molar-refractivity contribution in [3.8, 4) is 11.2 Å². The number of rotatable bonds is 2. The zero-order valence-corrected chi connectivity index (χ0v) is 10.7. The largest absolute Gasteiger partial charge is 0.271 e. The number of thiazole rings is 1. The van der Waals surface area contributed by atoms with Gasteiger partial charge in [-0.2, -0.15) is 5.26 Å². The normalized spacial score (nSPS) is 10.7. The van der Waals surface area contributed by atoms with Crippen LogP contribution < -0.4 is 0 Å². The highest BCUT2D eigenvalue weighted by Crippen LogP contribution is 2.25. The Morgan fingerprint density at radius 1 is 1.33 bits per heavy atom. The smallest absolute Gasteiger partial charge is 0.197 e. The molecular weight excluding hydrogens is 268 g/mol. The second-order valence-electron chi connectivity index (χ2n) is 3.64. The van der Waals surface area contributed by atoms with Crippen LogP contribution in [-0.2, 0) is 6.42 Å². The van der Waals surface area contributed by atoms with E-state index in [0.29, 0.717) is 11.0 Å². The van der Waals surface area contributed by atoms with Crippen molar-refractivity contribution >= 4 is 34.0 Å². The Labute approximate surface area is 112 Å². The first-order chi connectivity index (χ1) is 8.79. The molecule has 0 N–H and O–H groups in total. The Balaban J connectivity index is 2.31. The number of benzene rings is 1. The molecule has 0 fully saturated rings. The molecule has 3 rings (SSSR count). The topological polar surface area (TPSA) is 54.5 Å². The van der Waals surface area contributed by atoms with Crippen molar-refractivity contribution in [3.63, 3.8) is 0 Å². The lowest BCUT2D eigenvalue weighted by molar-refractivity contribution is 0.943. The van der Waals surface area contributed by atoms with E-state index < -0.39 is 0 Å². The highest BCUT2D eigenvalue weighted by Gasteiger charge is 2.14. The highest BCUT2D eigenvalue weighted by atomic mass is 35.5. The van der Waals surface area contributed by atoms with Crippen molar-refractivity contribution in [3.05, 3.63) is 40.6 Å². The van der Waals surface area contributed by atoms with Crippen LogP contribution in [0.3, 0.4) is 0 Å². The van der Waals surface area contributed by atoms with E-state index in [0.717, 1.165) is 16.2 Å². The van der Waals surface area contributed by atoms with Gasteiger partial charge in [-0.3, -0.25) is 4.57 Å². The maximum atomic E-state index is 8.87. The van der Waals surface area contributed by atoms with Gasteiger partial charge in [-0.05, 0) is 12.1 Å². The summed E-state index contributed by atoms with van der Waals surface area (Å²) in [6, 6.07) is 9.86. The van der Waals surface area contributed by atoms with Crippen LogP contribution in [0.2, 0.25) is 5.15 Å². The molecule has 0 aliphatic carbocycles. The Hall–Kier alpha value is -1.90. The molecule has 0 atom stereocenters. The van der Waals surface area contributed by atoms with Crippen LogP contribution >= 0.6 is 22.9 Å².